The van der Waals surface area contributed by atoms with Crippen molar-refractivity contribution in [1.29, 1.82) is 0 Å². The number of hydrogen-bond donors (Lipinski definition) is 8. The minimum Gasteiger partial charge on any atom is -0.390 e. The molecule has 28 heteroatoms. The minimum absolute atomic E-state index is 0.0532. The van der Waals surface area contributed by atoms with Crippen LogP contribution >= 0.6 is 0 Å². The predicted molar refractivity (Wildman–Crippen MR) is 544 cm³/mol. The maximum Gasteiger partial charge on any atom is 0.254 e. The molecule has 16 heterocycles. The lowest BCUT2D eigenvalue weighted by Crippen LogP contribution is -2.52. The molecule has 8 aromatic rings. The molecule has 0 aromatic heterocycles. The number of β-amino-alcohol motifs (C(OH)–C–C–N with tert-alkyl or cyclic N) is 4. The van der Waals surface area contributed by atoms with Crippen LogP contribution < -0.4 is 21.3 Å². The molecule has 144 heavy (non-hydrogen) atoms. The van der Waals surface area contributed by atoms with Crippen LogP contribution in [0, 0.1) is 0 Å². The molecule has 0 aliphatic carbocycles. The van der Waals surface area contributed by atoms with Gasteiger partial charge in [0, 0.05) is 171 Å². The van der Waals surface area contributed by atoms with Crippen LogP contribution in [0.15, 0.2) is 170 Å². The molecule has 8 unspecified atom stereocenters. The van der Waals surface area contributed by atoms with Gasteiger partial charge in [-0.2, -0.15) is 0 Å². The van der Waals surface area contributed by atoms with Crippen LogP contribution in [-0.2, 0) is 70.8 Å². The lowest BCUT2D eigenvalue weighted by Gasteiger charge is -2.38. The van der Waals surface area contributed by atoms with Crippen molar-refractivity contribution in [3.05, 3.63) is 281 Å². The van der Waals surface area contributed by atoms with E-state index in [1.54, 1.807) is 43.9 Å². The van der Waals surface area contributed by atoms with Gasteiger partial charge in [0.1, 0.15) is 0 Å². The van der Waals surface area contributed by atoms with E-state index in [0.717, 1.165) is 151 Å². The number of aliphatic hydroxyl groups excluding tert-OH is 4. The van der Waals surface area contributed by atoms with Gasteiger partial charge in [0.05, 0.1) is 126 Å². The van der Waals surface area contributed by atoms with Crippen molar-refractivity contribution in [2.24, 2.45) is 0 Å². The fraction of sp³-hybridized carbons (Fsp3) is 0.517. The van der Waals surface area contributed by atoms with Crippen molar-refractivity contribution < 1.29 is 77.7 Å². The Hall–Kier alpha value is -11.0. The molecule has 20 atom stereocenters. The first-order valence-corrected chi connectivity index (χ1v) is 53.4. The molecule has 8 amide bonds. The van der Waals surface area contributed by atoms with Crippen molar-refractivity contribution >= 4 is 47.3 Å². The van der Waals surface area contributed by atoms with Crippen molar-refractivity contribution in [2.75, 3.05) is 105 Å². The normalized spacial score (nSPS) is 28.0. The summed E-state index contributed by atoms with van der Waals surface area (Å²) in [7, 11) is 0. The highest BCUT2D eigenvalue weighted by molar-refractivity contribution is 6.04. The zero-order chi connectivity index (χ0) is 99.2. The molecule has 8 bridgehead atoms. The Morgan fingerprint density at radius 1 is 0.285 bits per heavy atom. The van der Waals surface area contributed by atoms with E-state index in [2.05, 4.69) is 97.5 Å². The van der Waals surface area contributed by atoms with Gasteiger partial charge in [-0.15, -0.1) is 0 Å². The van der Waals surface area contributed by atoms with E-state index in [0.29, 0.717) is 150 Å². The minimum atomic E-state index is -0.654. The summed E-state index contributed by atoms with van der Waals surface area (Å²) < 4.78 is 22.6. The van der Waals surface area contributed by atoms with Crippen molar-refractivity contribution in [3.63, 3.8) is 0 Å². The second-order valence-electron chi connectivity index (χ2n) is 43.1. The highest BCUT2D eigenvalue weighted by atomic mass is 16.5. The van der Waals surface area contributed by atoms with Gasteiger partial charge >= 0.3 is 0 Å². The van der Waals surface area contributed by atoms with Gasteiger partial charge in [0.25, 0.3) is 47.3 Å². The Balaban J connectivity index is 0.000000113. The molecule has 8 aromatic carbocycles. The second kappa shape index (κ2) is 43.2. The van der Waals surface area contributed by atoms with Crippen molar-refractivity contribution in [2.45, 2.75) is 277 Å². The van der Waals surface area contributed by atoms with Crippen LogP contribution in [0.5, 0.6) is 0 Å². The highest BCUT2D eigenvalue weighted by Gasteiger charge is 2.49. The first-order chi connectivity index (χ1) is 70.1. The summed E-state index contributed by atoms with van der Waals surface area (Å²) in [5.74, 6) is 0.526. The number of benzene rings is 8. The lowest BCUT2D eigenvalue weighted by atomic mass is 9.85. The molecule has 0 radical (unpaired) electrons. The Morgan fingerprint density at radius 3 is 0.660 bits per heavy atom. The summed E-state index contributed by atoms with van der Waals surface area (Å²) >= 11 is 0. The number of morpholine rings is 4. The third kappa shape index (κ3) is 20.0. The third-order valence-electron chi connectivity index (χ3n) is 34.6. The number of hydrogen-bond acceptors (Lipinski definition) is 20. The summed E-state index contributed by atoms with van der Waals surface area (Å²) in [4.78, 5) is 123. The number of nitrogens with zero attached hydrogens (tertiary/aromatic N) is 8. The van der Waals surface area contributed by atoms with Gasteiger partial charge in [-0.3, -0.25) is 38.4 Å². The third-order valence-corrected chi connectivity index (χ3v) is 34.6. The fourth-order valence-corrected chi connectivity index (χ4v) is 26.3. The summed E-state index contributed by atoms with van der Waals surface area (Å²) in [6.07, 6.45) is 11.8. The maximum atomic E-state index is 13.5. The van der Waals surface area contributed by atoms with Gasteiger partial charge < -0.3 is 99.8 Å². The zero-order valence-corrected chi connectivity index (χ0v) is 83.4. The number of carbonyl (C=O) groups is 8. The van der Waals surface area contributed by atoms with E-state index in [9.17, 15) is 58.8 Å². The van der Waals surface area contributed by atoms with Gasteiger partial charge in [0.15, 0.2) is 0 Å². The molecule has 8 N–H and O–H groups in total. The van der Waals surface area contributed by atoms with Crippen LogP contribution in [0.3, 0.4) is 0 Å². The smallest absolute Gasteiger partial charge is 0.254 e. The van der Waals surface area contributed by atoms with Crippen molar-refractivity contribution in [1.82, 2.24) is 60.5 Å². The Bertz CT molecular complexity index is 5330. The molecule has 16 aliphatic heterocycles. The number of amides is 8. The Labute approximate surface area is 844 Å². The van der Waals surface area contributed by atoms with E-state index in [4.69, 9.17) is 18.9 Å². The molecule has 0 spiro atoms. The van der Waals surface area contributed by atoms with Gasteiger partial charge in [-0.25, -0.2) is 0 Å². The number of fused-ring (bicyclic) bond motifs is 16. The predicted octanol–water partition coefficient (Wildman–Crippen LogP) is 10.9. The van der Waals surface area contributed by atoms with Crippen LogP contribution in [0.2, 0.25) is 0 Å². The summed E-state index contributed by atoms with van der Waals surface area (Å²) in [5.41, 5.74) is 19.2. The lowest BCUT2D eigenvalue weighted by molar-refractivity contribution is -0.00731. The van der Waals surface area contributed by atoms with Crippen molar-refractivity contribution in [3.8, 4) is 0 Å². The Kier molecular flexibility index (Phi) is 29.7. The monoisotopic (exact) mass is 1960 g/mol. The molecule has 760 valence electrons. The number of nitrogens with one attached hydrogen (secondary N) is 4. The van der Waals surface area contributed by atoms with Gasteiger partial charge in [-0.1, -0.05) is 125 Å². The molecule has 16 aliphatic rings. The maximum absolute atomic E-state index is 13.5. The number of rotatable bonds is 20. The molecule has 8 fully saturated rings. The molecule has 0 saturated carbocycles. The quantitative estimate of drug-likeness (QED) is 0.0351. The van der Waals surface area contributed by atoms with E-state index in [1.807, 2.05) is 117 Å². The number of aliphatic hydroxyl groups is 4. The Morgan fingerprint density at radius 2 is 0.472 bits per heavy atom. The first kappa shape index (κ1) is 99.0. The largest absolute Gasteiger partial charge is 0.390 e. The molecule has 8 saturated heterocycles. The average molecular weight is 1960 g/mol. The second-order valence-corrected chi connectivity index (χ2v) is 43.1. The van der Waals surface area contributed by atoms with Gasteiger partial charge in [0.2, 0.25) is 0 Å². The molecular formula is C116H140N12O16. The SMILES string of the molecule is CC[C@@H]1CN(C[C@@H](O)[C@@H]2Cc3ccccc3CN2)C(=O)c2ccc(C(=O)N3C4CCC3COC4)cc21.CC[C@@H]1CN(C[C@H](O)[C@@H]2Cc3ccccc3CN2)C(=O)c2ccc(C(=O)N3C4CCC3COC4)cc21.CC[C@H]1CN(C[C@@H](O)[C@@H]2Cc3ccccc3CN2)C(=O)c2ccc(C(=O)N3C4CCC3COC4)cc21.CC[C@H]1CN(C[C@H](O)[C@@H]2Cc3ccccc3CN2)C(=O)c2ccc(C(=O)N3C4CCC3COC4)cc21. The highest BCUT2D eigenvalue weighted by Crippen LogP contribution is 2.43. The van der Waals surface area contributed by atoms with Crippen LogP contribution in [-0.4, -0.2) is 309 Å². The number of ether oxygens (including phenoxy) is 4. The van der Waals surface area contributed by atoms with E-state index in [1.165, 1.54) is 44.5 Å². The van der Waals surface area contributed by atoms with E-state index >= 15 is 0 Å². The average Bonchev–Trinajstić information content (AvgIpc) is 1.11. The molecule has 28 nitrogen and oxygen atoms in total. The van der Waals surface area contributed by atoms with Gasteiger partial charge in [-0.05, 0) is 242 Å². The first-order valence-electron chi connectivity index (χ1n) is 53.4. The zero-order valence-electron chi connectivity index (χ0n) is 83.4. The van der Waals surface area contributed by atoms with E-state index < -0.39 is 24.4 Å². The standard InChI is InChI=1S/4C29H35N3O4/c4*1-2-18-14-31(15-27(33)26-12-19-5-3-4-6-21(19)13-30-26)29(35)24-10-7-20(11-25(18)24)28(34)32-22-8-9-23(32)17-36-16-22/h4*3-7,10-11,18,22-23,26-27,30,33H,2,8-9,12-17H2,1H3/t18-,22?,23?,26+,27+;18-,22?,23?,26+,27-;18-,22?,23?,26-,27+;18-,22?,23?,26-,27-/m1100/s1. The summed E-state index contributed by atoms with van der Waals surface area (Å²) in [5, 5.41) is 58.1. The van der Waals surface area contributed by atoms with Crippen LogP contribution in [0.25, 0.3) is 0 Å². The fourth-order valence-electron chi connectivity index (χ4n) is 26.3. The summed E-state index contributed by atoms with van der Waals surface area (Å²) in [6, 6.07) is 56.5. The topological polar surface area (TPSA) is 328 Å². The summed E-state index contributed by atoms with van der Waals surface area (Å²) in [6.45, 7) is 19.7. The van der Waals surface area contributed by atoms with E-state index in [-0.39, 0.29) is 143 Å². The van der Waals surface area contributed by atoms with Crippen LogP contribution in [0.4, 0.5) is 0 Å². The molecular weight excluding hydrogens is 1820 g/mol. The molecule has 24 rings (SSSR count). The van der Waals surface area contributed by atoms with Crippen LogP contribution in [0.1, 0.15) is 278 Å². The number of carbonyl (C=O) groups excluding carboxylic acids is 8.